The number of hydrogen-bond donors (Lipinski definition) is 1. The van der Waals surface area contributed by atoms with Gasteiger partial charge in [-0.1, -0.05) is 30.3 Å². The normalized spacial score (nSPS) is 11.8. The van der Waals surface area contributed by atoms with E-state index < -0.39 is 5.92 Å². The number of nitrogens with one attached hydrogen (secondary N) is 1. The van der Waals surface area contributed by atoms with Crippen LogP contribution in [-0.2, 0) is 20.9 Å². The van der Waals surface area contributed by atoms with Crippen LogP contribution in [0, 0.1) is 11.3 Å². The molecule has 92 valence electrons. The van der Waals surface area contributed by atoms with E-state index in [9.17, 15) is 4.79 Å². The lowest BCUT2D eigenvalue weighted by Gasteiger charge is -2.09. The van der Waals surface area contributed by atoms with Gasteiger partial charge in [-0.15, -0.1) is 0 Å². The van der Waals surface area contributed by atoms with Gasteiger partial charge in [0.05, 0.1) is 19.6 Å². The molecular formula is C13H17NO3. The highest BCUT2D eigenvalue weighted by molar-refractivity contribution is 5.88. The molecule has 1 rings (SSSR count). The first-order chi connectivity index (χ1) is 8.27. The number of methoxy groups -OCH3 is 1. The Morgan fingerprint density at radius 1 is 1.41 bits per heavy atom. The van der Waals surface area contributed by atoms with Gasteiger partial charge >= 0.3 is 5.97 Å². The molecule has 1 N–H and O–H groups in total. The number of rotatable bonds is 7. The van der Waals surface area contributed by atoms with Gasteiger partial charge in [0.1, 0.15) is 0 Å². The number of hydrogen-bond acceptors (Lipinski definition) is 4. The molecule has 0 spiro atoms. The summed E-state index contributed by atoms with van der Waals surface area (Å²) < 4.78 is 10.0. The van der Waals surface area contributed by atoms with Crippen molar-refractivity contribution in [1.29, 1.82) is 5.41 Å². The van der Waals surface area contributed by atoms with Gasteiger partial charge in [0.25, 0.3) is 0 Å². The third-order valence-electron chi connectivity index (χ3n) is 2.39. The topological polar surface area (TPSA) is 59.4 Å². The molecule has 1 aromatic rings. The molecule has 1 aromatic carbocycles. The fourth-order valence-corrected chi connectivity index (χ4v) is 1.40. The Kier molecular flexibility index (Phi) is 5.96. The van der Waals surface area contributed by atoms with Crippen molar-refractivity contribution in [2.75, 3.05) is 13.7 Å². The van der Waals surface area contributed by atoms with E-state index in [4.69, 9.17) is 10.1 Å². The van der Waals surface area contributed by atoms with Crippen LogP contribution in [0.1, 0.15) is 12.0 Å². The van der Waals surface area contributed by atoms with Crippen LogP contribution >= 0.6 is 0 Å². The van der Waals surface area contributed by atoms with Crippen LogP contribution in [0.15, 0.2) is 30.3 Å². The minimum absolute atomic E-state index is 0.386. The highest BCUT2D eigenvalue weighted by atomic mass is 16.5. The SMILES string of the molecule is COC(=O)C(C=N)CCOCc1ccccc1. The van der Waals surface area contributed by atoms with E-state index in [0.29, 0.717) is 19.6 Å². The highest BCUT2D eigenvalue weighted by Crippen LogP contribution is 2.05. The second kappa shape index (κ2) is 7.57. The fourth-order valence-electron chi connectivity index (χ4n) is 1.40. The van der Waals surface area contributed by atoms with Crippen molar-refractivity contribution >= 4 is 12.2 Å². The second-order valence-corrected chi connectivity index (χ2v) is 3.62. The monoisotopic (exact) mass is 235 g/mol. The number of esters is 1. The Bertz CT molecular complexity index is 351. The zero-order chi connectivity index (χ0) is 12.5. The Hall–Kier alpha value is -1.68. The van der Waals surface area contributed by atoms with Gasteiger partial charge < -0.3 is 14.9 Å². The Morgan fingerprint density at radius 2 is 2.12 bits per heavy atom. The smallest absolute Gasteiger partial charge is 0.314 e. The molecule has 0 bridgehead atoms. The van der Waals surface area contributed by atoms with E-state index >= 15 is 0 Å². The van der Waals surface area contributed by atoms with Gasteiger partial charge in [-0.3, -0.25) is 4.79 Å². The van der Waals surface area contributed by atoms with E-state index in [1.807, 2.05) is 30.3 Å². The quantitative estimate of drug-likeness (QED) is 0.447. The summed E-state index contributed by atoms with van der Waals surface area (Å²) in [4.78, 5) is 11.2. The summed E-state index contributed by atoms with van der Waals surface area (Å²) >= 11 is 0. The van der Waals surface area contributed by atoms with Crippen LogP contribution in [0.3, 0.4) is 0 Å². The van der Waals surface area contributed by atoms with Crippen LogP contribution in [0.2, 0.25) is 0 Å². The molecule has 0 radical (unpaired) electrons. The summed E-state index contributed by atoms with van der Waals surface area (Å²) in [6.45, 7) is 0.955. The minimum Gasteiger partial charge on any atom is -0.469 e. The van der Waals surface area contributed by atoms with Gasteiger partial charge in [0.2, 0.25) is 0 Å². The lowest BCUT2D eigenvalue weighted by Crippen LogP contribution is -2.19. The molecule has 1 unspecified atom stereocenters. The zero-order valence-electron chi connectivity index (χ0n) is 9.89. The predicted molar refractivity (Wildman–Crippen MR) is 65.0 cm³/mol. The number of carbonyl (C=O) groups is 1. The van der Waals surface area contributed by atoms with Crippen LogP contribution < -0.4 is 0 Å². The third kappa shape index (κ3) is 4.78. The molecule has 0 aromatic heterocycles. The zero-order valence-corrected chi connectivity index (χ0v) is 9.89. The molecule has 0 saturated carbocycles. The standard InChI is InChI=1S/C13H17NO3/c1-16-13(15)12(9-14)7-8-17-10-11-5-3-2-4-6-11/h2-6,9,12,14H,7-8,10H2,1H3. The minimum atomic E-state index is -0.504. The Labute approximate surface area is 101 Å². The fraction of sp³-hybridized carbons (Fsp3) is 0.385. The van der Waals surface area contributed by atoms with Crippen LogP contribution in [0.5, 0.6) is 0 Å². The maximum atomic E-state index is 11.2. The molecule has 4 heteroatoms. The van der Waals surface area contributed by atoms with Gasteiger partial charge in [0.15, 0.2) is 0 Å². The van der Waals surface area contributed by atoms with Crippen molar-refractivity contribution in [1.82, 2.24) is 0 Å². The molecule has 1 atom stereocenters. The second-order valence-electron chi connectivity index (χ2n) is 3.62. The van der Waals surface area contributed by atoms with Gasteiger partial charge in [-0.2, -0.15) is 0 Å². The first-order valence-corrected chi connectivity index (χ1v) is 5.48. The van der Waals surface area contributed by atoms with Crippen molar-refractivity contribution in [3.05, 3.63) is 35.9 Å². The average Bonchev–Trinajstić information content (AvgIpc) is 2.39. The summed E-state index contributed by atoms with van der Waals surface area (Å²) in [5, 5.41) is 7.11. The molecule has 0 aliphatic heterocycles. The molecule has 0 amide bonds. The molecule has 0 saturated heterocycles. The van der Waals surface area contributed by atoms with E-state index in [1.54, 1.807) is 0 Å². The maximum Gasteiger partial charge on any atom is 0.314 e. The Balaban J connectivity index is 2.23. The molecular weight excluding hydrogens is 218 g/mol. The van der Waals surface area contributed by atoms with Gasteiger partial charge in [0, 0.05) is 12.8 Å². The third-order valence-corrected chi connectivity index (χ3v) is 2.39. The van der Waals surface area contributed by atoms with Crippen molar-refractivity contribution in [2.24, 2.45) is 5.92 Å². The lowest BCUT2D eigenvalue weighted by molar-refractivity contribution is -0.143. The largest absolute Gasteiger partial charge is 0.469 e. The van der Waals surface area contributed by atoms with Gasteiger partial charge in [-0.05, 0) is 12.0 Å². The highest BCUT2D eigenvalue weighted by Gasteiger charge is 2.15. The molecule has 0 fully saturated rings. The summed E-state index contributed by atoms with van der Waals surface area (Å²) in [7, 11) is 1.32. The molecule has 17 heavy (non-hydrogen) atoms. The lowest BCUT2D eigenvalue weighted by atomic mass is 10.1. The van der Waals surface area contributed by atoms with Crippen molar-refractivity contribution in [3.63, 3.8) is 0 Å². The van der Waals surface area contributed by atoms with Crippen LogP contribution in [-0.4, -0.2) is 25.9 Å². The summed E-state index contributed by atoms with van der Waals surface area (Å²) in [5.74, 6) is -0.890. The van der Waals surface area contributed by atoms with Crippen LogP contribution in [0.25, 0.3) is 0 Å². The molecule has 0 aliphatic carbocycles. The molecule has 4 nitrogen and oxygen atoms in total. The number of benzene rings is 1. The predicted octanol–water partition coefficient (Wildman–Crippen LogP) is 2.03. The first kappa shape index (κ1) is 13.4. The first-order valence-electron chi connectivity index (χ1n) is 5.48. The Morgan fingerprint density at radius 3 is 2.71 bits per heavy atom. The van der Waals surface area contributed by atoms with Gasteiger partial charge in [-0.25, -0.2) is 0 Å². The number of carbonyl (C=O) groups excluding carboxylic acids is 1. The summed E-state index contributed by atoms with van der Waals surface area (Å²) in [6.07, 6.45) is 1.57. The van der Waals surface area contributed by atoms with Crippen molar-refractivity contribution < 1.29 is 14.3 Å². The van der Waals surface area contributed by atoms with E-state index in [2.05, 4.69) is 4.74 Å². The van der Waals surface area contributed by atoms with E-state index in [0.717, 1.165) is 11.8 Å². The van der Waals surface area contributed by atoms with Crippen molar-refractivity contribution in [3.8, 4) is 0 Å². The maximum absolute atomic E-state index is 11.2. The number of ether oxygens (including phenoxy) is 2. The molecule has 0 aliphatic rings. The van der Waals surface area contributed by atoms with Crippen molar-refractivity contribution in [2.45, 2.75) is 13.0 Å². The van der Waals surface area contributed by atoms with Crippen LogP contribution in [0.4, 0.5) is 0 Å². The van der Waals surface area contributed by atoms with E-state index in [1.165, 1.54) is 7.11 Å². The summed E-state index contributed by atoms with van der Waals surface area (Å²) in [6, 6.07) is 9.82. The van der Waals surface area contributed by atoms with E-state index in [-0.39, 0.29) is 5.97 Å². The average molecular weight is 235 g/mol. The molecule has 0 heterocycles. The summed E-state index contributed by atoms with van der Waals surface area (Å²) in [5.41, 5.74) is 1.09.